The lowest BCUT2D eigenvalue weighted by molar-refractivity contribution is 0.226. The van der Waals surface area contributed by atoms with Crippen molar-refractivity contribution in [3.8, 4) is 0 Å². The smallest absolute Gasteiger partial charge is 0.0441 e. The van der Waals surface area contributed by atoms with E-state index in [4.69, 9.17) is 0 Å². The summed E-state index contributed by atoms with van der Waals surface area (Å²) in [5, 5.41) is 3.57. The quantitative estimate of drug-likeness (QED) is 0.807. The molecule has 1 saturated carbocycles. The SMILES string of the molecule is CCc1ccc(C(NC)C2CCC(CC)CC2)s1. The van der Waals surface area contributed by atoms with Crippen LogP contribution in [0.4, 0.5) is 0 Å². The number of hydrogen-bond donors (Lipinski definition) is 1. The minimum absolute atomic E-state index is 0.591. The maximum atomic E-state index is 3.57. The van der Waals surface area contributed by atoms with E-state index in [-0.39, 0.29) is 0 Å². The van der Waals surface area contributed by atoms with E-state index < -0.39 is 0 Å². The van der Waals surface area contributed by atoms with Crippen molar-refractivity contribution >= 4 is 11.3 Å². The third-order valence-electron chi connectivity index (χ3n) is 4.59. The van der Waals surface area contributed by atoms with Crippen molar-refractivity contribution < 1.29 is 0 Å². The molecule has 2 heteroatoms. The summed E-state index contributed by atoms with van der Waals surface area (Å²) in [6.45, 7) is 4.59. The number of aryl methyl sites for hydroxylation is 1. The Kier molecular flexibility index (Phi) is 5.25. The van der Waals surface area contributed by atoms with E-state index in [2.05, 4.69) is 38.3 Å². The fourth-order valence-electron chi connectivity index (χ4n) is 3.29. The van der Waals surface area contributed by atoms with Crippen LogP contribution in [0.3, 0.4) is 0 Å². The fraction of sp³-hybridized carbons (Fsp3) is 0.750. The number of rotatable bonds is 5. The molecular weight excluding hydrogens is 238 g/mol. The highest BCUT2D eigenvalue weighted by Gasteiger charge is 2.27. The molecule has 1 nitrogen and oxygen atoms in total. The minimum atomic E-state index is 0.591. The van der Waals surface area contributed by atoms with Gasteiger partial charge >= 0.3 is 0 Å². The maximum absolute atomic E-state index is 3.57. The molecule has 0 radical (unpaired) electrons. The Hall–Kier alpha value is -0.340. The Morgan fingerprint density at radius 1 is 1.22 bits per heavy atom. The zero-order valence-corrected chi connectivity index (χ0v) is 12.9. The Morgan fingerprint density at radius 3 is 2.44 bits per heavy atom. The zero-order chi connectivity index (χ0) is 13.0. The lowest BCUT2D eigenvalue weighted by Gasteiger charge is -2.33. The second-order valence-corrected chi connectivity index (χ2v) is 6.81. The first-order valence-electron chi connectivity index (χ1n) is 7.54. The molecule has 0 bridgehead atoms. The molecule has 1 aromatic heterocycles. The van der Waals surface area contributed by atoms with E-state index in [9.17, 15) is 0 Å². The summed E-state index contributed by atoms with van der Waals surface area (Å²) in [7, 11) is 2.13. The van der Waals surface area contributed by atoms with E-state index in [0.29, 0.717) is 6.04 Å². The van der Waals surface area contributed by atoms with Gasteiger partial charge in [0.2, 0.25) is 0 Å². The average molecular weight is 265 g/mol. The molecule has 102 valence electrons. The van der Waals surface area contributed by atoms with Crippen molar-refractivity contribution in [2.75, 3.05) is 7.05 Å². The molecule has 0 amide bonds. The standard InChI is InChI=1S/C16H27NS/c1-4-12-6-8-13(9-7-12)16(17-3)15-11-10-14(5-2)18-15/h10-13,16-17H,4-9H2,1-3H3. The molecule has 1 fully saturated rings. The van der Waals surface area contributed by atoms with Crippen LogP contribution in [0.2, 0.25) is 0 Å². The third kappa shape index (κ3) is 3.16. The van der Waals surface area contributed by atoms with Gasteiger partial charge < -0.3 is 5.32 Å². The average Bonchev–Trinajstić information content (AvgIpc) is 2.89. The lowest BCUT2D eigenvalue weighted by atomic mass is 9.77. The van der Waals surface area contributed by atoms with Gasteiger partial charge in [0, 0.05) is 15.8 Å². The van der Waals surface area contributed by atoms with Crippen LogP contribution < -0.4 is 5.32 Å². The first-order chi connectivity index (χ1) is 8.78. The molecule has 1 unspecified atom stereocenters. The number of hydrogen-bond acceptors (Lipinski definition) is 2. The predicted molar refractivity (Wildman–Crippen MR) is 81.2 cm³/mol. The largest absolute Gasteiger partial charge is 0.312 e. The molecule has 0 saturated heterocycles. The highest BCUT2D eigenvalue weighted by molar-refractivity contribution is 7.12. The van der Waals surface area contributed by atoms with Gasteiger partial charge in [-0.2, -0.15) is 0 Å². The van der Waals surface area contributed by atoms with Gasteiger partial charge in [0.25, 0.3) is 0 Å². The van der Waals surface area contributed by atoms with Crippen LogP contribution >= 0.6 is 11.3 Å². The topological polar surface area (TPSA) is 12.0 Å². The van der Waals surface area contributed by atoms with Crippen molar-refractivity contribution in [3.05, 3.63) is 21.9 Å². The van der Waals surface area contributed by atoms with E-state index in [1.807, 2.05) is 11.3 Å². The van der Waals surface area contributed by atoms with Crippen LogP contribution in [-0.4, -0.2) is 7.05 Å². The van der Waals surface area contributed by atoms with Crippen LogP contribution in [0.15, 0.2) is 12.1 Å². The van der Waals surface area contributed by atoms with E-state index in [1.54, 1.807) is 4.88 Å². The highest BCUT2D eigenvalue weighted by Crippen LogP contribution is 2.39. The molecule has 2 rings (SSSR count). The molecule has 1 N–H and O–H groups in total. The van der Waals surface area contributed by atoms with Crippen LogP contribution in [0.1, 0.15) is 61.7 Å². The lowest BCUT2D eigenvalue weighted by Crippen LogP contribution is -2.28. The molecule has 0 aromatic carbocycles. The second-order valence-electron chi connectivity index (χ2n) is 5.61. The Morgan fingerprint density at radius 2 is 1.94 bits per heavy atom. The Bertz CT molecular complexity index is 350. The van der Waals surface area contributed by atoms with Crippen molar-refractivity contribution in [1.29, 1.82) is 0 Å². The summed E-state index contributed by atoms with van der Waals surface area (Å²) in [5.41, 5.74) is 0. The summed E-state index contributed by atoms with van der Waals surface area (Å²) >= 11 is 2.00. The summed E-state index contributed by atoms with van der Waals surface area (Å²) in [6.07, 6.45) is 8.23. The van der Waals surface area contributed by atoms with Gasteiger partial charge in [-0.05, 0) is 50.3 Å². The second kappa shape index (κ2) is 6.72. The van der Waals surface area contributed by atoms with Crippen molar-refractivity contribution in [3.63, 3.8) is 0 Å². The number of thiophene rings is 1. The van der Waals surface area contributed by atoms with Crippen molar-refractivity contribution in [1.82, 2.24) is 5.32 Å². The maximum Gasteiger partial charge on any atom is 0.0441 e. The van der Waals surface area contributed by atoms with Gasteiger partial charge in [-0.25, -0.2) is 0 Å². The molecule has 1 atom stereocenters. The highest BCUT2D eigenvalue weighted by atomic mass is 32.1. The molecule has 1 aliphatic rings. The summed E-state index contributed by atoms with van der Waals surface area (Å²) in [5.74, 6) is 1.84. The van der Waals surface area contributed by atoms with Gasteiger partial charge in [-0.1, -0.05) is 33.1 Å². The molecule has 18 heavy (non-hydrogen) atoms. The van der Waals surface area contributed by atoms with Gasteiger partial charge in [0.15, 0.2) is 0 Å². The van der Waals surface area contributed by atoms with Gasteiger partial charge in [0.1, 0.15) is 0 Å². The van der Waals surface area contributed by atoms with E-state index in [0.717, 1.165) is 11.8 Å². The molecule has 1 heterocycles. The van der Waals surface area contributed by atoms with Gasteiger partial charge in [-0.3, -0.25) is 0 Å². The first kappa shape index (κ1) is 14.1. The minimum Gasteiger partial charge on any atom is -0.312 e. The van der Waals surface area contributed by atoms with Crippen LogP contribution in [0.25, 0.3) is 0 Å². The van der Waals surface area contributed by atoms with Crippen LogP contribution in [0, 0.1) is 11.8 Å². The van der Waals surface area contributed by atoms with E-state index in [1.165, 1.54) is 43.4 Å². The van der Waals surface area contributed by atoms with Crippen molar-refractivity contribution in [2.45, 2.75) is 58.4 Å². The predicted octanol–water partition coefficient (Wildman–Crippen LogP) is 4.79. The molecular formula is C16H27NS. The van der Waals surface area contributed by atoms with Crippen LogP contribution in [-0.2, 0) is 6.42 Å². The molecule has 0 spiro atoms. The Labute approximate surface area is 116 Å². The summed E-state index contributed by atoms with van der Waals surface area (Å²) in [4.78, 5) is 3.07. The molecule has 1 aromatic rings. The third-order valence-corrected chi connectivity index (χ3v) is 5.90. The number of nitrogens with one attached hydrogen (secondary N) is 1. The summed E-state index contributed by atoms with van der Waals surface area (Å²) in [6, 6.07) is 5.24. The molecule has 0 aliphatic heterocycles. The summed E-state index contributed by atoms with van der Waals surface area (Å²) < 4.78 is 0. The van der Waals surface area contributed by atoms with Crippen LogP contribution in [0.5, 0.6) is 0 Å². The Balaban J connectivity index is 2.00. The normalized spacial score (nSPS) is 26.2. The van der Waals surface area contributed by atoms with Gasteiger partial charge in [-0.15, -0.1) is 11.3 Å². The van der Waals surface area contributed by atoms with E-state index >= 15 is 0 Å². The van der Waals surface area contributed by atoms with Gasteiger partial charge in [0.05, 0.1) is 0 Å². The molecule has 1 aliphatic carbocycles. The first-order valence-corrected chi connectivity index (χ1v) is 8.36. The fourth-order valence-corrected chi connectivity index (χ4v) is 4.45. The zero-order valence-electron chi connectivity index (χ0n) is 12.0. The monoisotopic (exact) mass is 265 g/mol. The van der Waals surface area contributed by atoms with Crippen molar-refractivity contribution in [2.24, 2.45) is 11.8 Å².